The smallest absolute Gasteiger partial charge is 0.227 e. The molecule has 2 amide bonds. The molecule has 2 saturated heterocycles. The maximum absolute atomic E-state index is 14.9. The van der Waals surface area contributed by atoms with E-state index in [0.717, 1.165) is 36.5 Å². The van der Waals surface area contributed by atoms with Crippen LogP contribution in [0, 0.1) is 17.6 Å². The minimum atomic E-state index is -0.614. The molecular formula is C31H40ClF2N3O2. The summed E-state index contributed by atoms with van der Waals surface area (Å²) in [6, 6.07) is 9.45. The van der Waals surface area contributed by atoms with E-state index in [2.05, 4.69) is 37.1 Å². The number of carbonyl (C=O) groups is 2. The maximum atomic E-state index is 14.9. The van der Waals surface area contributed by atoms with Crippen LogP contribution < -0.4 is 5.32 Å². The van der Waals surface area contributed by atoms with Crippen molar-refractivity contribution in [3.05, 3.63) is 69.7 Å². The summed E-state index contributed by atoms with van der Waals surface area (Å²) < 4.78 is 28.5. The van der Waals surface area contributed by atoms with E-state index >= 15 is 0 Å². The number of amides is 2. The first-order valence-corrected chi connectivity index (χ1v) is 14.3. The Kier molecular flexibility index (Phi) is 9.01. The second kappa shape index (κ2) is 11.9. The highest BCUT2D eigenvalue weighted by atomic mass is 35.5. The molecule has 2 aliphatic rings. The molecule has 0 spiro atoms. The fraction of sp³-hybridized carbons (Fsp3) is 0.548. The van der Waals surface area contributed by atoms with E-state index in [1.165, 1.54) is 19.1 Å². The summed E-state index contributed by atoms with van der Waals surface area (Å²) in [5, 5.41) is 3.67. The van der Waals surface area contributed by atoms with E-state index in [0.29, 0.717) is 36.8 Å². The summed E-state index contributed by atoms with van der Waals surface area (Å²) >= 11 is 6.34. The quantitative estimate of drug-likeness (QED) is 0.444. The summed E-state index contributed by atoms with van der Waals surface area (Å²) in [6.45, 7) is 12.1. The van der Waals surface area contributed by atoms with Crippen LogP contribution in [-0.2, 0) is 9.59 Å². The molecule has 4 rings (SSSR count). The lowest BCUT2D eigenvalue weighted by Crippen LogP contribution is -2.44. The summed E-state index contributed by atoms with van der Waals surface area (Å²) in [6.07, 6.45) is 2.34. The summed E-state index contributed by atoms with van der Waals surface area (Å²) in [7, 11) is 0. The third kappa shape index (κ3) is 6.63. The van der Waals surface area contributed by atoms with Crippen molar-refractivity contribution in [3.63, 3.8) is 0 Å². The molecule has 0 aromatic heterocycles. The number of hydrogen-bond donors (Lipinski definition) is 1. The minimum absolute atomic E-state index is 0.0370. The average Bonchev–Trinajstić information content (AvgIpc) is 3.33. The third-order valence-corrected chi connectivity index (χ3v) is 8.64. The zero-order valence-corrected chi connectivity index (χ0v) is 24.3. The number of benzene rings is 2. The van der Waals surface area contributed by atoms with Gasteiger partial charge in [-0.3, -0.25) is 14.5 Å². The van der Waals surface area contributed by atoms with Crippen molar-refractivity contribution in [2.45, 2.75) is 77.3 Å². The minimum Gasteiger partial charge on any atom is -0.350 e. The van der Waals surface area contributed by atoms with Crippen molar-refractivity contribution >= 4 is 23.4 Å². The number of hydrogen-bond acceptors (Lipinski definition) is 3. The van der Waals surface area contributed by atoms with Crippen molar-refractivity contribution in [1.29, 1.82) is 0 Å². The van der Waals surface area contributed by atoms with Crippen molar-refractivity contribution in [3.8, 4) is 0 Å². The van der Waals surface area contributed by atoms with Gasteiger partial charge in [0.05, 0.1) is 12.0 Å². The molecule has 8 heteroatoms. The number of nitrogens with one attached hydrogen (secondary N) is 1. The molecule has 1 N–H and O–H groups in total. The van der Waals surface area contributed by atoms with E-state index in [1.807, 2.05) is 24.0 Å². The van der Waals surface area contributed by atoms with Gasteiger partial charge >= 0.3 is 0 Å². The van der Waals surface area contributed by atoms with Crippen LogP contribution in [-0.4, -0.2) is 53.3 Å². The van der Waals surface area contributed by atoms with Crippen LogP contribution in [0.4, 0.5) is 8.78 Å². The van der Waals surface area contributed by atoms with E-state index < -0.39 is 17.6 Å². The Morgan fingerprint density at radius 1 is 1.05 bits per heavy atom. The second-order valence-electron chi connectivity index (χ2n) is 12.0. The molecule has 0 bridgehead atoms. The van der Waals surface area contributed by atoms with Gasteiger partial charge in [-0.05, 0) is 80.8 Å². The van der Waals surface area contributed by atoms with Crippen LogP contribution in [0.1, 0.15) is 88.4 Å². The fourth-order valence-corrected chi connectivity index (χ4v) is 6.41. The highest BCUT2D eigenvalue weighted by molar-refractivity contribution is 6.30. The molecule has 212 valence electrons. The molecule has 39 heavy (non-hydrogen) atoms. The normalized spacial score (nSPS) is 21.7. The van der Waals surface area contributed by atoms with E-state index in [1.54, 1.807) is 0 Å². The summed E-state index contributed by atoms with van der Waals surface area (Å²) in [4.78, 5) is 29.9. The van der Waals surface area contributed by atoms with Crippen LogP contribution in [0.25, 0.3) is 0 Å². The Morgan fingerprint density at radius 2 is 1.72 bits per heavy atom. The van der Waals surface area contributed by atoms with Crippen molar-refractivity contribution in [1.82, 2.24) is 15.1 Å². The van der Waals surface area contributed by atoms with Gasteiger partial charge in [-0.15, -0.1) is 0 Å². The Labute approximate surface area is 235 Å². The lowest BCUT2D eigenvalue weighted by atomic mass is 9.83. The van der Waals surface area contributed by atoms with Gasteiger partial charge in [0, 0.05) is 55.6 Å². The summed E-state index contributed by atoms with van der Waals surface area (Å²) in [5.74, 6) is -1.73. The molecule has 5 nitrogen and oxygen atoms in total. The van der Waals surface area contributed by atoms with Crippen LogP contribution in [0.5, 0.6) is 0 Å². The van der Waals surface area contributed by atoms with Crippen LogP contribution in [0.3, 0.4) is 0 Å². The van der Waals surface area contributed by atoms with Gasteiger partial charge in [0.15, 0.2) is 0 Å². The molecule has 0 saturated carbocycles. The van der Waals surface area contributed by atoms with Crippen LogP contribution in [0.2, 0.25) is 5.02 Å². The van der Waals surface area contributed by atoms with Gasteiger partial charge in [-0.2, -0.15) is 0 Å². The van der Waals surface area contributed by atoms with Crippen LogP contribution in [0.15, 0.2) is 36.4 Å². The Morgan fingerprint density at radius 3 is 2.31 bits per heavy atom. The first-order chi connectivity index (χ1) is 18.4. The van der Waals surface area contributed by atoms with Crippen molar-refractivity contribution in [2.24, 2.45) is 5.92 Å². The third-order valence-electron chi connectivity index (χ3n) is 8.40. The Balaban J connectivity index is 1.52. The van der Waals surface area contributed by atoms with Gasteiger partial charge in [0.25, 0.3) is 0 Å². The molecule has 3 atom stereocenters. The number of likely N-dealkylation sites (tertiary alicyclic amines) is 2. The monoisotopic (exact) mass is 559 g/mol. The summed E-state index contributed by atoms with van der Waals surface area (Å²) in [5.41, 5.74) is 2.43. The molecule has 2 fully saturated rings. The van der Waals surface area contributed by atoms with Gasteiger partial charge in [0.2, 0.25) is 11.8 Å². The Bertz CT molecular complexity index is 1210. The van der Waals surface area contributed by atoms with Gasteiger partial charge in [0.1, 0.15) is 11.6 Å². The highest BCUT2D eigenvalue weighted by Gasteiger charge is 2.44. The molecule has 2 aromatic carbocycles. The molecule has 2 unspecified atom stereocenters. The topological polar surface area (TPSA) is 52.7 Å². The number of rotatable bonds is 6. The van der Waals surface area contributed by atoms with Gasteiger partial charge < -0.3 is 10.2 Å². The molecule has 2 aromatic rings. The van der Waals surface area contributed by atoms with Crippen molar-refractivity contribution in [2.75, 3.05) is 26.2 Å². The fourth-order valence-electron chi connectivity index (χ4n) is 6.23. The molecule has 0 aliphatic carbocycles. The number of nitrogens with zero attached hydrogens (tertiary/aromatic N) is 2. The molecule has 0 radical (unpaired) electrons. The van der Waals surface area contributed by atoms with E-state index in [-0.39, 0.29) is 35.2 Å². The number of halogens is 3. The zero-order valence-electron chi connectivity index (χ0n) is 23.6. The average molecular weight is 560 g/mol. The molecule has 2 aliphatic heterocycles. The highest BCUT2D eigenvalue weighted by Crippen LogP contribution is 2.40. The zero-order chi connectivity index (χ0) is 28.5. The Hall–Kier alpha value is -2.51. The van der Waals surface area contributed by atoms with Crippen molar-refractivity contribution < 1.29 is 18.4 Å². The molecule has 2 heterocycles. The van der Waals surface area contributed by atoms with Gasteiger partial charge in [-0.25, -0.2) is 8.78 Å². The predicted octanol–water partition coefficient (Wildman–Crippen LogP) is 6.43. The standard InChI is InChI=1S/C31H40ClF2N3O2/c1-6-29(35-19(2)38)25-15-21(32)7-9-23(25)20-11-13-36(14-12-20)30(39)27-18-37(31(3,4)5)17-26(27)24-10-8-22(33)16-28(24)34/h7-10,15-16,20,26-27,29H,6,11-14,17-18H2,1-5H3,(H,35,38)/t26-,27?,29?/m0/s1. The first kappa shape index (κ1) is 29.5. The maximum Gasteiger partial charge on any atom is 0.227 e. The van der Waals surface area contributed by atoms with Gasteiger partial charge in [-0.1, -0.05) is 30.7 Å². The molecular weight excluding hydrogens is 520 g/mol. The lowest BCUT2D eigenvalue weighted by molar-refractivity contribution is -0.136. The van der Waals surface area contributed by atoms with E-state index in [9.17, 15) is 18.4 Å². The largest absolute Gasteiger partial charge is 0.350 e. The second-order valence-corrected chi connectivity index (χ2v) is 12.4. The number of carbonyl (C=O) groups excluding carboxylic acids is 2. The first-order valence-electron chi connectivity index (χ1n) is 13.9. The van der Waals surface area contributed by atoms with Crippen LogP contribution >= 0.6 is 11.6 Å². The lowest BCUT2D eigenvalue weighted by Gasteiger charge is -2.36. The predicted molar refractivity (Wildman–Crippen MR) is 151 cm³/mol. The number of piperidine rings is 1. The van der Waals surface area contributed by atoms with E-state index in [4.69, 9.17) is 11.6 Å². The SMILES string of the molecule is CCC(NC(C)=O)c1cc(Cl)ccc1C1CCN(C(=O)C2CN(C(C)(C)C)C[C@H]2c2ccc(F)cc2F)CC1.